The lowest BCUT2D eigenvalue weighted by Crippen LogP contribution is -2.24. The number of halogens is 1. The summed E-state index contributed by atoms with van der Waals surface area (Å²) in [5.74, 6) is 1.60. The fourth-order valence-corrected chi connectivity index (χ4v) is 3.14. The van der Waals surface area contributed by atoms with Crippen LogP contribution in [-0.4, -0.2) is 23.8 Å². The number of unbranched alkanes of at least 4 members (excludes halogenated alkanes) is 1. The SMILES string of the molecule is CCCCn1c(-c2ccccc2Cl)nc2cc(OC)c(OC)cc2c1=O. The molecule has 136 valence electrons. The van der Waals surface area contributed by atoms with Crippen LogP contribution in [0.3, 0.4) is 0 Å². The van der Waals surface area contributed by atoms with Gasteiger partial charge in [-0.15, -0.1) is 0 Å². The van der Waals surface area contributed by atoms with Crippen LogP contribution in [0, 0.1) is 0 Å². The van der Waals surface area contributed by atoms with Crippen LogP contribution >= 0.6 is 11.6 Å². The molecule has 0 saturated carbocycles. The molecular formula is C20H21ClN2O3. The highest BCUT2D eigenvalue weighted by Crippen LogP contribution is 2.32. The van der Waals surface area contributed by atoms with Gasteiger partial charge in [-0.25, -0.2) is 4.98 Å². The minimum atomic E-state index is -0.112. The highest BCUT2D eigenvalue weighted by Gasteiger charge is 2.17. The van der Waals surface area contributed by atoms with Gasteiger partial charge in [-0.1, -0.05) is 37.1 Å². The topological polar surface area (TPSA) is 53.4 Å². The molecule has 0 spiro atoms. The third kappa shape index (κ3) is 3.27. The van der Waals surface area contributed by atoms with Crippen molar-refractivity contribution in [2.75, 3.05) is 14.2 Å². The smallest absolute Gasteiger partial charge is 0.261 e. The molecule has 0 aliphatic rings. The Hall–Kier alpha value is -2.53. The molecule has 3 rings (SSSR count). The fourth-order valence-electron chi connectivity index (χ4n) is 2.92. The Kier molecular flexibility index (Phi) is 5.47. The average Bonchev–Trinajstić information content (AvgIpc) is 2.66. The molecule has 5 nitrogen and oxygen atoms in total. The average molecular weight is 373 g/mol. The Morgan fingerprint density at radius 2 is 1.81 bits per heavy atom. The molecule has 26 heavy (non-hydrogen) atoms. The lowest BCUT2D eigenvalue weighted by molar-refractivity contribution is 0.355. The van der Waals surface area contributed by atoms with Gasteiger partial charge < -0.3 is 9.47 Å². The third-order valence-corrected chi connectivity index (χ3v) is 4.64. The summed E-state index contributed by atoms with van der Waals surface area (Å²) >= 11 is 6.37. The second-order valence-electron chi connectivity index (χ2n) is 5.95. The maximum atomic E-state index is 13.2. The van der Waals surface area contributed by atoms with E-state index in [0.717, 1.165) is 18.4 Å². The zero-order chi connectivity index (χ0) is 18.7. The van der Waals surface area contributed by atoms with Crippen LogP contribution in [0.15, 0.2) is 41.2 Å². The molecule has 0 N–H and O–H groups in total. The molecule has 0 aliphatic carbocycles. The van der Waals surface area contributed by atoms with E-state index < -0.39 is 0 Å². The predicted molar refractivity (Wildman–Crippen MR) is 104 cm³/mol. The second-order valence-corrected chi connectivity index (χ2v) is 6.36. The van der Waals surface area contributed by atoms with E-state index in [1.165, 1.54) is 0 Å². The monoisotopic (exact) mass is 372 g/mol. The van der Waals surface area contributed by atoms with E-state index in [4.69, 9.17) is 26.1 Å². The third-order valence-electron chi connectivity index (χ3n) is 4.31. The van der Waals surface area contributed by atoms with E-state index in [1.54, 1.807) is 37.0 Å². The van der Waals surface area contributed by atoms with Crippen LogP contribution in [0.25, 0.3) is 22.3 Å². The van der Waals surface area contributed by atoms with Crippen LogP contribution in [0.1, 0.15) is 19.8 Å². The molecule has 1 aromatic heterocycles. The molecule has 0 fully saturated rings. The van der Waals surface area contributed by atoms with Gasteiger partial charge >= 0.3 is 0 Å². The first-order valence-electron chi connectivity index (χ1n) is 8.52. The Balaban J connectivity index is 2.35. The van der Waals surface area contributed by atoms with Gasteiger partial charge in [0.2, 0.25) is 0 Å². The second kappa shape index (κ2) is 7.79. The molecule has 0 amide bonds. The Labute approximate surface area is 157 Å². The number of hydrogen-bond acceptors (Lipinski definition) is 4. The van der Waals surface area contributed by atoms with Gasteiger partial charge in [0.1, 0.15) is 5.82 Å². The van der Waals surface area contributed by atoms with Crippen molar-refractivity contribution in [3.8, 4) is 22.9 Å². The first-order chi connectivity index (χ1) is 12.6. The van der Waals surface area contributed by atoms with E-state index in [1.807, 2.05) is 18.2 Å². The molecule has 0 unspecified atom stereocenters. The summed E-state index contributed by atoms with van der Waals surface area (Å²) in [7, 11) is 3.10. The molecule has 0 radical (unpaired) electrons. The van der Waals surface area contributed by atoms with Gasteiger partial charge in [-0.05, 0) is 24.6 Å². The number of hydrogen-bond donors (Lipinski definition) is 0. The first-order valence-corrected chi connectivity index (χ1v) is 8.90. The largest absolute Gasteiger partial charge is 0.493 e. The van der Waals surface area contributed by atoms with Crippen molar-refractivity contribution < 1.29 is 9.47 Å². The van der Waals surface area contributed by atoms with E-state index in [-0.39, 0.29) is 5.56 Å². The summed E-state index contributed by atoms with van der Waals surface area (Å²) in [4.78, 5) is 17.9. The summed E-state index contributed by atoms with van der Waals surface area (Å²) in [5, 5.41) is 1.05. The van der Waals surface area contributed by atoms with E-state index in [9.17, 15) is 4.79 Å². The molecule has 0 saturated heterocycles. The summed E-state index contributed by atoms with van der Waals surface area (Å²) in [6.07, 6.45) is 1.84. The quantitative estimate of drug-likeness (QED) is 0.637. The Morgan fingerprint density at radius 1 is 1.12 bits per heavy atom. The van der Waals surface area contributed by atoms with Gasteiger partial charge in [0.15, 0.2) is 11.5 Å². The minimum Gasteiger partial charge on any atom is -0.493 e. The van der Waals surface area contributed by atoms with E-state index >= 15 is 0 Å². The van der Waals surface area contributed by atoms with Crippen molar-refractivity contribution in [3.05, 3.63) is 51.8 Å². The first kappa shape index (κ1) is 18.3. The lowest BCUT2D eigenvalue weighted by atomic mass is 10.1. The number of methoxy groups -OCH3 is 2. The van der Waals surface area contributed by atoms with Crippen LogP contribution in [0.2, 0.25) is 5.02 Å². The standard InChI is InChI=1S/C20H21ClN2O3/c1-4-5-10-23-19(13-8-6-7-9-15(13)21)22-16-12-18(26-3)17(25-2)11-14(16)20(23)24/h6-9,11-12H,4-5,10H2,1-3H3. The summed E-state index contributed by atoms with van der Waals surface area (Å²) in [6, 6.07) is 10.8. The number of fused-ring (bicyclic) bond motifs is 1. The highest BCUT2D eigenvalue weighted by molar-refractivity contribution is 6.33. The normalized spacial score (nSPS) is 10.9. The molecule has 1 heterocycles. The van der Waals surface area contributed by atoms with Crippen LogP contribution < -0.4 is 15.0 Å². The van der Waals surface area contributed by atoms with E-state index in [2.05, 4.69) is 6.92 Å². The van der Waals surface area contributed by atoms with Gasteiger partial charge in [-0.3, -0.25) is 9.36 Å². The molecule has 0 aliphatic heterocycles. The van der Waals surface area contributed by atoms with Crippen molar-refractivity contribution >= 4 is 22.5 Å². The highest BCUT2D eigenvalue weighted by atomic mass is 35.5. The maximum absolute atomic E-state index is 13.2. The summed E-state index contributed by atoms with van der Waals surface area (Å²) in [6.45, 7) is 2.66. The van der Waals surface area contributed by atoms with Crippen molar-refractivity contribution in [2.45, 2.75) is 26.3 Å². The molecule has 0 atom stereocenters. The Bertz CT molecular complexity index is 998. The van der Waals surface area contributed by atoms with Crippen molar-refractivity contribution in [3.63, 3.8) is 0 Å². The zero-order valence-corrected chi connectivity index (χ0v) is 15.8. The van der Waals surface area contributed by atoms with E-state index in [0.29, 0.717) is 39.8 Å². The fraction of sp³-hybridized carbons (Fsp3) is 0.300. The van der Waals surface area contributed by atoms with Crippen LogP contribution in [-0.2, 0) is 6.54 Å². The van der Waals surface area contributed by atoms with Gasteiger partial charge in [0.05, 0.1) is 30.1 Å². The van der Waals surface area contributed by atoms with Crippen molar-refractivity contribution in [2.24, 2.45) is 0 Å². The number of nitrogens with zero attached hydrogens (tertiary/aromatic N) is 2. The van der Waals surface area contributed by atoms with Gasteiger partial charge in [0, 0.05) is 18.2 Å². The van der Waals surface area contributed by atoms with Gasteiger partial charge in [0.25, 0.3) is 5.56 Å². The van der Waals surface area contributed by atoms with Crippen LogP contribution in [0.5, 0.6) is 11.5 Å². The maximum Gasteiger partial charge on any atom is 0.261 e. The number of aromatic nitrogens is 2. The molecule has 3 aromatic rings. The van der Waals surface area contributed by atoms with Crippen LogP contribution in [0.4, 0.5) is 0 Å². The Morgan fingerprint density at radius 3 is 2.46 bits per heavy atom. The summed E-state index contributed by atoms with van der Waals surface area (Å²) < 4.78 is 12.4. The molecular weight excluding hydrogens is 352 g/mol. The number of rotatable bonds is 6. The number of benzene rings is 2. The molecule has 6 heteroatoms. The zero-order valence-electron chi connectivity index (χ0n) is 15.1. The molecule has 0 bridgehead atoms. The van der Waals surface area contributed by atoms with Crippen molar-refractivity contribution in [1.29, 1.82) is 0 Å². The van der Waals surface area contributed by atoms with Crippen molar-refractivity contribution in [1.82, 2.24) is 9.55 Å². The lowest BCUT2D eigenvalue weighted by Gasteiger charge is -2.15. The minimum absolute atomic E-state index is 0.112. The number of ether oxygens (including phenoxy) is 2. The molecule has 2 aromatic carbocycles. The summed E-state index contributed by atoms with van der Waals surface area (Å²) in [5.41, 5.74) is 1.17. The van der Waals surface area contributed by atoms with Gasteiger partial charge in [-0.2, -0.15) is 0 Å². The predicted octanol–water partition coefficient (Wildman–Crippen LogP) is 4.53.